The molecule has 1 aliphatic carbocycles. The molecule has 17 heavy (non-hydrogen) atoms. The van der Waals surface area contributed by atoms with Crippen LogP contribution in [0.5, 0.6) is 0 Å². The molecule has 1 heterocycles. The first kappa shape index (κ1) is 12.7. The zero-order valence-electron chi connectivity index (χ0n) is 11.1. The van der Waals surface area contributed by atoms with E-state index in [4.69, 9.17) is 4.74 Å². The summed E-state index contributed by atoms with van der Waals surface area (Å²) in [7, 11) is 3.60. The third kappa shape index (κ3) is 3.12. The molecule has 2 unspecified atom stereocenters. The van der Waals surface area contributed by atoms with E-state index in [9.17, 15) is 0 Å². The van der Waals surface area contributed by atoms with Gasteiger partial charge in [-0.2, -0.15) is 0 Å². The summed E-state index contributed by atoms with van der Waals surface area (Å²) in [6, 6.07) is 0. The molecule has 98 valence electrons. The lowest BCUT2D eigenvalue weighted by atomic mass is 9.82. The third-order valence-electron chi connectivity index (χ3n) is 4.08. The molecule has 2 atom stereocenters. The van der Waals surface area contributed by atoms with Gasteiger partial charge in [0, 0.05) is 33.8 Å². The molecule has 4 nitrogen and oxygen atoms in total. The van der Waals surface area contributed by atoms with E-state index in [1.807, 2.05) is 7.05 Å². The molecule has 0 spiro atoms. The van der Waals surface area contributed by atoms with Crippen molar-refractivity contribution >= 4 is 5.96 Å². The molecule has 0 aromatic carbocycles. The molecule has 0 radical (unpaired) electrons. The normalized spacial score (nSPS) is 29.3. The molecule has 2 rings (SSSR count). The molecule has 2 fully saturated rings. The van der Waals surface area contributed by atoms with Crippen molar-refractivity contribution in [2.24, 2.45) is 16.8 Å². The van der Waals surface area contributed by atoms with Gasteiger partial charge in [-0.05, 0) is 24.7 Å². The van der Waals surface area contributed by atoms with E-state index in [0.29, 0.717) is 0 Å². The van der Waals surface area contributed by atoms with Crippen molar-refractivity contribution in [3.05, 3.63) is 0 Å². The maximum Gasteiger partial charge on any atom is 0.193 e. The van der Waals surface area contributed by atoms with Crippen LogP contribution in [0.25, 0.3) is 0 Å². The van der Waals surface area contributed by atoms with Gasteiger partial charge in [0.1, 0.15) is 0 Å². The zero-order chi connectivity index (χ0) is 12.1. The number of guanidine groups is 1. The molecular formula is C13H25N3O. The van der Waals surface area contributed by atoms with Crippen LogP contribution < -0.4 is 5.32 Å². The molecule has 1 N–H and O–H groups in total. The fraction of sp³-hybridized carbons (Fsp3) is 0.923. The van der Waals surface area contributed by atoms with E-state index >= 15 is 0 Å². The quantitative estimate of drug-likeness (QED) is 0.458. The highest BCUT2D eigenvalue weighted by Crippen LogP contribution is 2.35. The van der Waals surface area contributed by atoms with Gasteiger partial charge in [-0.3, -0.25) is 4.99 Å². The first-order chi connectivity index (χ1) is 8.35. The summed E-state index contributed by atoms with van der Waals surface area (Å²) in [4.78, 5) is 6.80. The van der Waals surface area contributed by atoms with Crippen molar-refractivity contribution < 1.29 is 4.74 Å². The van der Waals surface area contributed by atoms with Crippen molar-refractivity contribution in [2.45, 2.75) is 25.7 Å². The maximum absolute atomic E-state index is 5.06. The molecule has 0 aromatic rings. The summed E-state index contributed by atoms with van der Waals surface area (Å²) in [6.07, 6.45) is 5.67. The Morgan fingerprint density at radius 3 is 2.47 bits per heavy atom. The summed E-state index contributed by atoms with van der Waals surface area (Å²) in [5.41, 5.74) is 0. The maximum atomic E-state index is 5.06. The number of ether oxygens (including phenoxy) is 1. The van der Waals surface area contributed by atoms with E-state index in [1.165, 1.54) is 38.8 Å². The van der Waals surface area contributed by atoms with Crippen LogP contribution in [-0.4, -0.2) is 51.3 Å². The van der Waals surface area contributed by atoms with Gasteiger partial charge in [-0.15, -0.1) is 0 Å². The van der Waals surface area contributed by atoms with Crippen LogP contribution in [0.4, 0.5) is 0 Å². The van der Waals surface area contributed by atoms with Crippen molar-refractivity contribution in [1.29, 1.82) is 0 Å². The molecule has 2 aliphatic rings. The van der Waals surface area contributed by atoms with Crippen molar-refractivity contribution in [3.8, 4) is 0 Å². The standard InChI is InChI=1S/C13H25N3O/c1-14-13(15-7-8-17-2)16-9-11-5-3-4-6-12(11)10-16/h11-12H,3-10H2,1-2H3,(H,14,15). The van der Waals surface area contributed by atoms with Crippen molar-refractivity contribution in [1.82, 2.24) is 10.2 Å². The van der Waals surface area contributed by atoms with Crippen LogP contribution in [0, 0.1) is 11.8 Å². The zero-order valence-corrected chi connectivity index (χ0v) is 11.1. The number of nitrogens with zero attached hydrogens (tertiary/aromatic N) is 2. The number of aliphatic imine (C=N–C) groups is 1. The Labute approximate surface area is 104 Å². The van der Waals surface area contributed by atoms with Gasteiger partial charge in [-0.1, -0.05) is 12.8 Å². The van der Waals surface area contributed by atoms with Crippen molar-refractivity contribution in [3.63, 3.8) is 0 Å². The smallest absolute Gasteiger partial charge is 0.193 e. The fourth-order valence-electron chi connectivity index (χ4n) is 3.18. The second-order valence-electron chi connectivity index (χ2n) is 5.18. The van der Waals surface area contributed by atoms with Crippen LogP contribution in [0.2, 0.25) is 0 Å². The highest BCUT2D eigenvalue weighted by molar-refractivity contribution is 5.80. The van der Waals surface area contributed by atoms with Gasteiger partial charge in [0.15, 0.2) is 5.96 Å². The average Bonchev–Trinajstić information content (AvgIpc) is 2.78. The van der Waals surface area contributed by atoms with E-state index in [-0.39, 0.29) is 0 Å². The summed E-state index contributed by atoms with van der Waals surface area (Å²) in [5, 5.41) is 3.37. The molecule has 0 amide bonds. The topological polar surface area (TPSA) is 36.9 Å². The fourth-order valence-corrected chi connectivity index (χ4v) is 3.18. The average molecular weight is 239 g/mol. The lowest BCUT2D eigenvalue weighted by Gasteiger charge is -2.22. The predicted molar refractivity (Wildman–Crippen MR) is 70.3 cm³/mol. The Kier molecular flexibility index (Phi) is 4.66. The molecule has 1 saturated carbocycles. The van der Waals surface area contributed by atoms with Gasteiger partial charge in [0.25, 0.3) is 0 Å². The molecular weight excluding hydrogens is 214 g/mol. The van der Waals surface area contributed by atoms with Crippen LogP contribution in [0.1, 0.15) is 25.7 Å². The lowest BCUT2D eigenvalue weighted by molar-refractivity contribution is 0.203. The van der Waals surface area contributed by atoms with Crippen LogP contribution >= 0.6 is 0 Å². The number of likely N-dealkylation sites (tertiary alicyclic amines) is 1. The number of rotatable bonds is 3. The van der Waals surface area contributed by atoms with Crippen LogP contribution in [0.15, 0.2) is 4.99 Å². The summed E-state index contributed by atoms with van der Waals surface area (Å²) < 4.78 is 5.06. The minimum atomic E-state index is 0.736. The highest BCUT2D eigenvalue weighted by Gasteiger charge is 2.35. The van der Waals surface area contributed by atoms with Crippen LogP contribution in [0.3, 0.4) is 0 Å². The molecule has 0 aromatic heterocycles. The Bertz CT molecular complexity index is 253. The summed E-state index contributed by atoms with van der Waals surface area (Å²) in [5.74, 6) is 2.87. The van der Waals surface area contributed by atoms with Crippen LogP contribution in [-0.2, 0) is 4.74 Å². The van der Waals surface area contributed by atoms with E-state index in [0.717, 1.165) is 30.9 Å². The van der Waals surface area contributed by atoms with Gasteiger partial charge in [0.05, 0.1) is 6.61 Å². The summed E-state index contributed by atoms with van der Waals surface area (Å²) >= 11 is 0. The highest BCUT2D eigenvalue weighted by atomic mass is 16.5. The van der Waals surface area contributed by atoms with Gasteiger partial charge < -0.3 is 15.0 Å². The summed E-state index contributed by atoms with van der Waals surface area (Å²) in [6.45, 7) is 3.96. The molecule has 1 aliphatic heterocycles. The van der Waals surface area contributed by atoms with E-state index in [2.05, 4.69) is 15.2 Å². The largest absolute Gasteiger partial charge is 0.383 e. The molecule has 4 heteroatoms. The Hall–Kier alpha value is -0.770. The van der Waals surface area contributed by atoms with Gasteiger partial charge in [-0.25, -0.2) is 0 Å². The molecule has 1 saturated heterocycles. The number of hydrogen-bond donors (Lipinski definition) is 1. The van der Waals surface area contributed by atoms with E-state index in [1.54, 1.807) is 7.11 Å². The number of nitrogens with one attached hydrogen (secondary N) is 1. The second kappa shape index (κ2) is 6.24. The monoisotopic (exact) mass is 239 g/mol. The Morgan fingerprint density at radius 2 is 1.94 bits per heavy atom. The third-order valence-corrected chi connectivity index (χ3v) is 4.08. The van der Waals surface area contributed by atoms with Gasteiger partial charge in [0.2, 0.25) is 0 Å². The number of hydrogen-bond acceptors (Lipinski definition) is 2. The number of methoxy groups -OCH3 is 1. The van der Waals surface area contributed by atoms with Crippen molar-refractivity contribution in [2.75, 3.05) is 40.4 Å². The van der Waals surface area contributed by atoms with Gasteiger partial charge >= 0.3 is 0 Å². The Balaban J connectivity index is 1.84. The molecule has 0 bridgehead atoms. The first-order valence-corrected chi connectivity index (χ1v) is 6.79. The minimum Gasteiger partial charge on any atom is -0.383 e. The SMILES string of the molecule is CN=C(NCCOC)N1CC2CCCCC2C1. The predicted octanol–water partition coefficient (Wildman–Crippen LogP) is 1.33. The second-order valence-corrected chi connectivity index (χ2v) is 5.18. The minimum absolute atomic E-state index is 0.736. The first-order valence-electron chi connectivity index (χ1n) is 6.79. The Morgan fingerprint density at radius 1 is 1.29 bits per heavy atom. The number of fused-ring (bicyclic) bond motifs is 1. The van der Waals surface area contributed by atoms with E-state index < -0.39 is 0 Å². The lowest BCUT2D eigenvalue weighted by Crippen LogP contribution is -2.41.